The van der Waals surface area contributed by atoms with Crippen molar-refractivity contribution in [3.8, 4) is 0 Å². The van der Waals surface area contributed by atoms with Gasteiger partial charge in [-0.3, -0.25) is 9.59 Å². The molecular weight excluding hydrogens is 342 g/mol. The Labute approximate surface area is 133 Å². The number of carbonyl (C=O) groups is 2. The van der Waals surface area contributed by atoms with E-state index in [0.717, 1.165) is 44.5 Å². The highest BCUT2D eigenvalue weighted by molar-refractivity contribution is 9.09. The maximum atomic E-state index is 11.1. The summed E-state index contributed by atoms with van der Waals surface area (Å²) in [6.45, 7) is 1.62. The molecule has 1 fully saturated rings. The number of alkyl halides is 1. The number of aliphatic carboxylic acids is 1. The van der Waals surface area contributed by atoms with Crippen LogP contribution in [0.5, 0.6) is 0 Å². The minimum Gasteiger partial charge on any atom is -0.481 e. The molecule has 0 aliphatic heterocycles. The van der Waals surface area contributed by atoms with Gasteiger partial charge in [-0.25, -0.2) is 0 Å². The van der Waals surface area contributed by atoms with Gasteiger partial charge in [-0.15, -0.1) is 0 Å². The molecule has 0 aromatic carbocycles. The summed E-state index contributed by atoms with van der Waals surface area (Å²) in [5, 5.41) is 12.9. The van der Waals surface area contributed by atoms with Crippen LogP contribution < -0.4 is 5.32 Å². The second-order valence-corrected chi connectivity index (χ2v) is 7.20. The number of carboxylic acids is 1. The molecule has 1 rings (SSSR count). The molecule has 0 amide bonds. The number of carboxylic acid groups (broad SMARTS) is 1. The maximum Gasteiger partial charge on any atom is 0.303 e. The summed E-state index contributed by atoms with van der Waals surface area (Å²) in [5.74, 6) is 0.963. The molecule has 4 nitrogen and oxygen atoms in total. The molecule has 0 saturated heterocycles. The number of hydrogen-bond donors (Lipinski definition) is 2. The molecule has 0 aromatic rings. The minimum absolute atomic E-state index is 0.0551. The van der Waals surface area contributed by atoms with Gasteiger partial charge < -0.3 is 10.4 Å². The van der Waals surface area contributed by atoms with Crippen LogP contribution >= 0.6 is 27.7 Å². The molecular formula is C14H24BrNO3S. The Morgan fingerprint density at radius 2 is 1.95 bits per heavy atom. The number of hydrogen-bond acceptors (Lipinski definition) is 4. The first-order valence-electron chi connectivity index (χ1n) is 7.16. The minimum atomic E-state index is -0.689. The van der Waals surface area contributed by atoms with E-state index in [-0.39, 0.29) is 17.6 Å². The number of rotatable bonds is 10. The van der Waals surface area contributed by atoms with Crippen LogP contribution in [-0.2, 0) is 9.59 Å². The summed E-state index contributed by atoms with van der Waals surface area (Å²) >= 11 is 4.77. The molecule has 0 bridgehead atoms. The van der Waals surface area contributed by atoms with E-state index >= 15 is 0 Å². The summed E-state index contributed by atoms with van der Waals surface area (Å²) in [6, 6.07) is 0. The monoisotopic (exact) mass is 365 g/mol. The zero-order chi connectivity index (χ0) is 14.8. The number of halogens is 1. The lowest BCUT2D eigenvalue weighted by atomic mass is 9.72. The summed E-state index contributed by atoms with van der Waals surface area (Å²) in [7, 11) is 0. The standard InChI is InChI=1S/C14H24BrNO3S/c15-9-12(17)10-20-7-6-16-11-14(8-13(18)19)4-2-1-3-5-14/h16H,1-11H2,(H,18,19). The van der Waals surface area contributed by atoms with Gasteiger partial charge in [-0.2, -0.15) is 11.8 Å². The molecule has 1 saturated carbocycles. The fraction of sp³-hybridized carbons (Fsp3) is 0.857. The van der Waals surface area contributed by atoms with Crippen molar-refractivity contribution in [1.82, 2.24) is 5.32 Å². The molecule has 0 atom stereocenters. The highest BCUT2D eigenvalue weighted by atomic mass is 79.9. The number of carbonyl (C=O) groups excluding carboxylic acids is 1. The van der Waals surface area contributed by atoms with Crippen molar-refractivity contribution in [3.05, 3.63) is 0 Å². The zero-order valence-corrected chi connectivity index (χ0v) is 14.2. The molecule has 0 spiro atoms. The number of Topliss-reactive ketones (excluding diaryl/α,β-unsaturated/α-hetero) is 1. The molecule has 1 aliphatic carbocycles. The average Bonchev–Trinajstić information content (AvgIpc) is 2.42. The molecule has 20 heavy (non-hydrogen) atoms. The van der Waals surface area contributed by atoms with Gasteiger partial charge in [-0.05, 0) is 18.3 Å². The van der Waals surface area contributed by atoms with E-state index < -0.39 is 5.97 Å². The van der Waals surface area contributed by atoms with E-state index in [1.54, 1.807) is 11.8 Å². The van der Waals surface area contributed by atoms with Crippen molar-refractivity contribution >= 4 is 39.4 Å². The van der Waals surface area contributed by atoms with Gasteiger partial charge in [0.1, 0.15) is 0 Å². The van der Waals surface area contributed by atoms with E-state index in [2.05, 4.69) is 21.2 Å². The second-order valence-electron chi connectivity index (χ2n) is 5.53. The van der Waals surface area contributed by atoms with Crippen LogP contribution in [0.2, 0.25) is 0 Å². The van der Waals surface area contributed by atoms with Gasteiger partial charge in [0.15, 0.2) is 5.78 Å². The number of ketones is 1. The van der Waals surface area contributed by atoms with E-state index in [1.807, 2.05) is 0 Å². The van der Waals surface area contributed by atoms with Gasteiger partial charge in [-0.1, -0.05) is 35.2 Å². The van der Waals surface area contributed by atoms with Gasteiger partial charge >= 0.3 is 5.97 Å². The first kappa shape index (κ1) is 18.0. The van der Waals surface area contributed by atoms with Gasteiger partial charge in [0, 0.05) is 18.8 Å². The highest BCUT2D eigenvalue weighted by Gasteiger charge is 2.33. The summed E-state index contributed by atoms with van der Waals surface area (Å²) < 4.78 is 0. The first-order chi connectivity index (χ1) is 9.58. The smallest absolute Gasteiger partial charge is 0.303 e. The van der Waals surface area contributed by atoms with Crippen molar-refractivity contribution in [2.24, 2.45) is 5.41 Å². The Kier molecular flexibility index (Phi) is 8.80. The predicted octanol–water partition coefficient (Wildman–Crippen LogP) is 2.70. The van der Waals surface area contributed by atoms with Crippen molar-refractivity contribution in [2.75, 3.05) is 29.9 Å². The van der Waals surface area contributed by atoms with Crippen LogP contribution in [0.25, 0.3) is 0 Å². The topological polar surface area (TPSA) is 66.4 Å². The van der Waals surface area contributed by atoms with E-state index in [4.69, 9.17) is 5.11 Å². The largest absolute Gasteiger partial charge is 0.481 e. The zero-order valence-electron chi connectivity index (χ0n) is 11.8. The van der Waals surface area contributed by atoms with E-state index in [0.29, 0.717) is 11.1 Å². The molecule has 116 valence electrons. The van der Waals surface area contributed by atoms with Crippen molar-refractivity contribution in [2.45, 2.75) is 38.5 Å². The van der Waals surface area contributed by atoms with Gasteiger partial charge in [0.05, 0.1) is 17.5 Å². The summed E-state index contributed by atoms with van der Waals surface area (Å²) in [4.78, 5) is 22.2. The number of nitrogens with one attached hydrogen (secondary N) is 1. The lowest BCUT2D eigenvalue weighted by Gasteiger charge is -2.36. The third-order valence-corrected chi connectivity index (χ3v) is 5.42. The van der Waals surface area contributed by atoms with Crippen molar-refractivity contribution < 1.29 is 14.7 Å². The van der Waals surface area contributed by atoms with Crippen molar-refractivity contribution in [3.63, 3.8) is 0 Å². The van der Waals surface area contributed by atoms with Crippen LogP contribution in [0.3, 0.4) is 0 Å². The third kappa shape index (κ3) is 7.09. The lowest BCUT2D eigenvalue weighted by molar-refractivity contribution is -0.140. The van der Waals surface area contributed by atoms with E-state index in [1.165, 1.54) is 6.42 Å². The quantitative estimate of drug-likeness (QED) is 0.460. The highest BCUT2D eigenvalue weighted by Crippen LogP contribution is 2.38. The number of thioether (sulfide) groups is 1. The molecule has 0 radical (unpaired) electrons. The predicted molar refractivity (Wildman–Crippen MR) is 86.8 cm³/mol. The normalized spacial score (nSPS) is 17.9. The van der Waals surface area contributed by atoms with Crippen LogP contribution in [0.4, 0.5) is 0 Å². The SMILES string of the molecule is O=C(O)CC1(CNCCSCC(=O)CBr)CCCCC1. The van der Waals surface area contributed by atoms with Crippen molar-refractivity contribution in [1.29, 1.82) is 0 Å². The first-order valence-corrected chi connectivity index (χ1v) is 9.43. The molecule has 1 aliphatic rings. The van der Waals surface area contributed by atoms with Crippen LogP contribution in [-0.4, -0.2) is 46.8 Å². The van der Waals surface area contributed by atoms with Crippen LogP contribution in [0.15, 0.2) is 0 Å². The maximum absolute atomic E-state index is 11.1. The average molecular weight is 366 g/mol. The van der Waals surface area contributed by atoms with Gasteiger partial charge in [0.2, 0.25) is 0 Å². The third-order valence-electron chi connectivity index (χ3n) is 3.78. The fourth-order valence-corrected chi connectivity index (χ4v) is 3.98. The Bertz CT molecular complexity index is 320. The fourth-order valence-electron chi connectivity index (χ4n) is 2.76. The molecule has 6 heteroatoms. The van der Waals surface area contributed by atoms with Crippen LogP contribution in [0, 0.1) is 5.41 Å². The summed E-state index contributed by atoms with van der Waals surface area (Å²) in [5.41, 5.74) is -0.0551. The Morgan fingerprint density at radius 3 is 2.55 bits per heavy atom. The molecule has 0 unspecified atom stereocenters. The molecule has 0 aromatic heterocycles. The lowest BCUT2D eigenvalue weighted by Crippen LogP contribution is -2.38. The summed E-state index contributed by atoms with van der Waals surface area (Å²) in [6.07, 6.45) is 5.82. The molecule has 0 heterocycles. The Hall–Kier alpha value is -0.0700. The molecule has 2 N–H and O–H groups in total. The van der Waals surface area contributed by atoms with Gasteiger partial charge in [0.25, 0.3) is 0 Å². The van der Waals surface area contributed by atoms with E-state index in [9.17, 15) is 9.59 Å². The second kappa shape index (κ2) is 9.79. The van der Waals surface area contributed by atoms with Crippen LogP contribution in [0.1, 0.15) is 38.5 Å². The Morgan fingerprint density at radius 1 is 1.25 bits per heavy atom. The Balaban J connectivity index is 2.22.